The van der Waals surface area contributed by atoms with E-state index < -0.39 is 43.3 Å². The first-order valence-electron chi connectivity index (χ1n) is 12.3. The van der Waals surface area contributed by atoms with E-state index >= 15 is 0 Å². The molecule has 0 radical (unpaired) electrons. The average Bonchev–Trinajstić information content (AvgIpc) is 2.97. The number of phenolic OH excluding ortho intramolecular Hbond substituents is 1. The summed E-state index contributed by atoms with van der Waals surface area (Å²) in [6.07, 6.45) is -6.08. The molecule has 0 bridgehead atoms. The zero-order valence-electron chi connectivity index (χ0n) is 21.2. The van der Waals surface area contributed by atoms with E-state index in [2.05, 4.69) is 0 Å². The molecule has 1 aliphatic heterocycles. The topological polar surface area (TPSA) is 165 Å². The molecule has 11 nitrogen and oxygen atoms in total. The number of phenols is 1. The fraction of sp³-hybridized carbons (Fsp3) is 0.241. The van der Waals surface area contributed by atoms with Crippen molar-refractivity contribution in [1.82, 2.24) is 0 Å². The van der Waals surface area contributed by atoms with Gasteiger partial charge in [-0.1, -0.05) is 12.1 Å². The van der Waals surface area contributed by atoms with Gasteiger partial charge in [0.1, 0.15) is 47.4 Å². The maximum atomic E-state index is 13.2. The third-order valence-corrected chi connectivity index (χ3v) is 6.57. The van der Waals surface area contributed by atoms with Gasteiger partial charge in [-0.15, -0.1) is 0 Å². The lowest BCUT2D eigenvalue weighted by Gasteiger charge is -2.41. The Balaban J connectivity index is 1.41. The Bertz CT molecular complexity index is 1550. The molecule has 4 N–H and O–H groups in total. The van der Waals surface area contributed by atoms with Gasteiger partial charge in [-0.25, -0.2) is 4.79 Å². The van der Waals surface area contributed by atoms with Crippen molar-refractivity contribution in [1.29, 1.82) is 0 Å². The number of carbonyl (C=O) groups excluding carboxylic acids is 1. The van der Waals surface area contributed by atoms with Crippen LogP contribution in [0.5, 0.6) is 17.2 Å². The van der Waals surface area contributed by atoms with E-state index in [4.69, 9.17) is 23.4 Å². The predicted octanol–water partition coefficient (Wildman–Crippen LogP) is 2.22. The van der Waals surface area contributed by atoms with E-state index in [-0.39, 0.29) is 33.5 Å². The van der Waals surface area contributed by atoms with E-state index in [0.717, 1.165) is 0 Å². The van der Waals surface area contributed by atoms with Crippen molar-refractivity contribution in [2.45, 2.75) is 30.7 Å². The number of hydrogen-bond donors (Lipinski definition) is 4. The van der Waals surface area contributed by atoms with Gasteiger partial charge in [0.25, 0.3) is 0 Å². The molecule has 1 aromatic heterocycles. The summed E-state index contributed by atoms with van der Waals surface area (Å²) in [5, 5.41) is 40.4. The molecule has 208 valence electrons. The molecule has 0 spiro atoms. The van der Waals surface area contributed by atoms with Gasteiger partial charge >= 0.3 is 5.97 Å². The Morgan fingerprint density at radius 1 is 0.950 bits per heavy atom. The average molecular weight is 551 g/mol. The van der Waals surface area contributed by atoms with Gasteiger partial charge in [0.15, 0.2) is 11.5 Å². The van der Waals surface area contributed by atoms with Gasteiger partial charge in [0.2, 0.25) is 6.29 Å². The summed E-state index contributed by atoms with van der Waals surface area (Å²) in [6, 6.07) is 16.6. The fourth-order valence-corrected chi connectivity index (χ4v) is 4.35. The summed E-state index contributed by atoms with van der Waals surface area (Å²) in [6.45, 7) is -0.641. The van der Waals surface area contributed by atoms with Crippen molar-refractivity contribution in [3.63, 3.8) is 0 Å². The molecule has 40 heavy (non-hydrogen) atoms. The van der Waals surface area contributed by atoms with Gasteiger partial charge < -0.3 is 43.8 Å². The van der Waals surface area contributed by atoms with Crippen LogP contribution in [0.25, 0.3) is 22.1 Å². The minimum atomic E-state index is -1.66. The van der Waals surface area contributed by atoms with Crippen LogP contribution in [0.1, 0.15) is 10.4 Å². The molecular weight excluding hydrogens is 524 g/mol. The second kappa shape index (κ2) is 11.4. The first kappa shape index (κ1) is 27.2. The molecule has 5 rings (SSSR count). The molecule has 0 amide bonds. The third kappa shape index (κ3) is 5.36. The van der Waals surface area contributed by atoms with Gasteiger partial charge in [0, 0.05) is 6.07 Å². The first-order valence-corrected chi connectivity index (χ1v) is 12.3. The lowest BCUT2D eigenvalue weighted by Crippen LogP contribution is -2.61. The number of methoxy groups -OCH3 is 1. The Morgan fingerprint density at radius 3 is 2.33 bits per heavy atom. The minimum Gasteiger partial charge on any atom is -0.508 e. The van der Waals surface area contributed by atoms with Crippen LogP contribution in [0.2, 0.25) is 0 Å². The predicted molar refractivity (Wildman–Crippen MR) is 140 cm³/mol. The van der Waals surface area contributed by atoms with E-state index in [0.29, 0.717) is 16.9 Å². The van der Waals surface area contributed by atoms with Crippen molar-refractivity contribution < 1.29 is 48.6 Å². The smallest absolute Gasteiger partial charge is 0.338 e. The van der Waals surface area contributed by atoms with Crippen LogP contribution in [0.4, 0.5) is 0 Å². The van der Waals surface area contributed by atoms with E-state index in [1.165, 1.54) is 48.7 Å². The van der Waals surface area contributed by atoms with Crippen LogP contribution in [0.3, 0.4) is 0 Å². The number of aliphatic hydroxyl groups is 3. The quantitative estimate of drug-likeness (QED) is 0.249. The van der Waals surface area contributed by atoms with Gasteiger partial charge in [-0.05, 0) is 54.1 Å². The van der Waals surface area contributed by atoms with Crippen LogP contribution >= 0.6 is 0 Å². The summed E-state index contributed by atoms with van der Waals surface area (Å²) >= 11 is 0. The summed E-state index contributed by atoms with van der Waals surface area (Å²) in [5.41, 5.74) is 0.999. The first-order chi connectivity index (χ1) is 19.3. The van der Waals surface area contributed by atoms with Crippen molar-refractivity contribution in [3.8, 4) is 28.4 Å². The maximum Gasteiger partial charge on any atom is 0.338 e. The van der Waals surface area contributed by atoms with E-state index in [1.54, 1.807) is 31.4 Å². The molecule has 1 saturated heterocycles. The maximum absolute atomic E-state index is 13.2. The van der Waals surface area contributed by atoms with E-state index in [9.17, 15) is 30.0 Å². The number of aromatic hydroxyl groups is 1. The lowest BCUT2D eigenvalue weighted by molar-refractivity contribution is -0.276. The Labute approximate surface area is 227 Å². The zero-order chi connectivity index (χ0) is 28.4. The largest absolute Gasteiger partial charge is 0.508 e. The molecule has 0 unspecified atom stereocenters. The number of ether oxygens (including phenoxy) is 4. The summed E-state index contributed by atoms with van der Waals surface area (Å²) in [5.74, 6) is -0.136. The van der Waals surface area contributed by atoms with Crippen LogP contribution in [-0.4, -0.2) is 70.8 Å². The highest BCUT2D eigenvalue weighted by Gasteiger charge is 2.48. The number of hydrogen-bond acceptors (Lipinski definition) is 11. The van der Waals surface area contributed by atoms with Gasteiger partial charge in [-0.3, -0.25) is 4.79 Å². The highest BCUT2D eigenvalue weighted by molar-refractivity contribution is 5.89. The molecule has 0 saturated carbocycles. The number of carbonyl (C=O) groups is 1. The highest BCUT2D eigenvalue weighted by atomic mass is 16.7. The normalized spacial score (nSPS) is 22.6. The molecule has 4 aromatic rings. The molecule has 3 aromatic carbocycles. The van der Waals surface area contributed by atoms with Crippen LogP contribution in [-0.2, 0) is 9.47 Å². The Hall–Kier alpha value is -4.42. The Kier molecular flexibility index (Phi) is 7.71. The number of rotatable bonds is 7. The van der Waals surface area contributed by atoms with Crippen molar-refractivity contribution in [2.24, 2.45) is 0 Å². The molecule has 2 heterocycles. The van der Waals surface area contributed by atoms with Crippen molar-refractivity contribution >= 4 is 16.9 Å². The van der Waals surface area contributed by atoms with E-state index in [1.807, 2.05) is 0 Å². The lowest BCUT2D eigenvalue weighted by atomic mass is 9.99. The standard InChI is InChI=1S/C29H26O11/c1-36-18-8-4-15(5-9-18)21-14-37-22-12-19(10-11-20(22)24(21)32)38-29-27(26(34)25(33)23(13-30)39-29)40-28(35)16-2-6-17(31)7-3-16/h2-12,14,23,25-27,29-31,33-34H,13H2,1H3/t23-,25-,26+,27+,29-/m1/s1. The fourth-order valence-electron chi connectivity index (χ4n) is 4.35. The molecule has 0 aliphatic carbocycles. The molecule has 11 heteroatoms. The second-order valence-electron chi connectivity index (χ2n) is 9.11. The third-order valence-electron chi connectivity index (χ3n) is 6.57. The summed E-state index contributed by atoms with van der Waals surface area (Å²) < 4.78 is 27.8. The number of fused-ring (bicyclic) bond motifs is 1. The SMILES string of the molecule is COc1ccc(-c2coc3cc(O[C@@H]4O[C@H](CO)[C@@H](O)[C@H](O)[C@@H]4OC(=O)c4ccc(O)cc4)ccc3c2=O)cc1. The van der Waals surface area contributed by atoms with Crippen LogP contribution in [0.15, 0.2) is 82.2 Å². The summed E-state index contributed by atoms with van der Waals surface area (Å²) in [4.78, 5) is 25.9. The van der Waals surface area contributed by atoms with Crippen molar-refractivity contribution in [3.05, 3.63) is 88.8 Å². The minimum absolute atomic E-state index is 0.0564. The highest BCUT2D eigenvalue weighted by Crippen LogP contribution is 2.30. The summed E-state index contributed by atoms with van der Waals surface area (Å²) in [7, 11) is 1.55. The molecule has 1 aliphatic rings. The monoisotopic (exact) mass is 550 g/mol. The number of esters is 1. The van der Waals surface area contributed by atoms with Crippen molar-refractivity contribution in [2.75, 3.05) is 13.7 Å². The molecule has 5 atom stereocenters. The Morgan fingerprint density at radius 2 is 1.65 bits per heavy atom. The number of benzene rings is 3. The second-order valence-corrected chi connectivity index (χ2v) is 9.11. The molecule has 1 fully saturated rings. The van der Waals surface area contributed by atoms with Crippen LogP contribution in [0, 0.1) is 0 Å². The van der Waals surface area contributed by atoms with Gasteiger partial charge in [0.05, 0.1) is 30.2 Å². The van der Waals surface area contributed by atoms with Crippen LogP contribution < -0.4 is 14.9 Å². The number of aliphatic hydroxyl groups excluding tert-OH is 3. The van der Waals surface area contributed by atoms with Gasteiger partial charge in [-0.2, -0.15) is 0 Å². The molecular formula is C29H26O11. The zero-order valence-corrected chi connectivity index (χ0v) is 21.2.